The summed E-state index contributed by atoms with van der Waals surface area (Å²) in [7, 11) is -1.61. The summed E-state index contributed by atoms with van der Waals surface area (Å²) in [6.45, 7) is 5.75. The highest BCUT2D eigenvalue weighted by atomic mass is 28.3. The second-order valence-electron chi connectivity index (χ2n) is 8.60. The molecule has 1 saturated carbocycles. The summed E-state index contributed by atoms with van der Waals surface area (Å²) in [5.74, 6) is 1.86. The summed E-state index contributed by atoms with van der Waals surface area (Å²) in [6, 6.07) is 27.4. The van der Waals surface area contributed by atoms with Gasteiger partial charge in [0.15, 0.2) is 0 Å². The monoisotopic (exact) mass is 387 g/mol. The second-order valence-corrected chi connectivity index (χ2v) is 13.4. The van der Waals surface area contributed by atoms with Crippen LogP contribution in [0.3, 0.4) is 0 Å². The van der Waals surface area contributed by atoms with Crippen molar-refractivity contribution < 1.29 is 4.74 Å². The van der Waals surface area contributed by atoms with Gasteiger partial charge >= 0.3 is 0 Å². The van der Waals surface area contributed by atoms with Crippen LogP contribution in [0.1, 0.15) is 29.9 Å². The first kappa shape index (κ1) is 18.9. The van der Waals surface area contributed by atoms with E-state index in [-0.39, 0.29) is 0 Å². The van der Waals surface area contributed by atoms with Crippen molar-refractivity contribution in [3.8, 4) is 5.88 Å². The molecule has 1 unspecified atom stereocenters. The van der Waals surface area contributed by atoms with Crippen LogP contribution in [0.25, 0.3) is 0 Å². The number of benzene rings is 2. The summed E-state index contributed by atoms with van der Waals surface area (Å²) in [4.78, 5) is 4.46. The van der Waals surface area contributed by atoms with E-state index < -0.39 is 8.07 Å². The maximum atomic E-state index is 5.97. The van der Waals surface area contributed by atoms with Crippen LogP contribution in [0.4, 0.5) is 0 Å². The lowest BCUT2D eigenvalue weighted by molar-refractivity contribution is 0.288. The molecule has 0 aliphatic heterocycles. The number of ether oxygens (including phenoxy) is 1. The van der Waals surface area contributed by atoms with Crippen LogP contribution >= 0.6 is 0 Å². The molecule has 0 saturated heterocycles. The van der Waals surface area contributed by atoms with Crippen LogP contribution in [0.15, 0.2) is 79.0 Å². The summed E-state index contributed by atoms with van der Waals surface area (Å²) in [6.07, 6.45) is 4.50. The molecule has 1 aromatic heterocycles. The number of hydrogen-bond acceptors (Lipinski definition) is 2. The van der Waals surface area contributed by atoms with E-state index >= 15 is 0 Å². The van der Waals surface area contributed by atoms with Gasteiger partial charge in [-0.15, -0.1) is 0 Å². The number of hydrogen-bond donors (Lipinski definition) is 0. The van der Waals surface area contributed by atoms with Crippen molar-refractivity contribution in [1.29, 1.82) is 0 Å². The highest BCUT2D eigenvalue weighted by molar-refractivity contribution is 6.89. The van der Waals surface area contributed by atoms with Gasteiger partial charge in [-0.3, -0.25) is 0 Å². The van der Waals surface area contributed by atoms with Crippen molar-refractivity contribution in [3.05, 3.63) is 90.1 Å². The Kier molecular flexibility index (Phi) is 5.63. The smallest absolute Gasteiger partial charge is 0.213 e. The Bertz CT molecular complexity index is 891. The standard InChI is InChI=1S/C25H29NOSi/c1-28(2,23-11-7-4-8-12-23)19-24(21-9-5-3-6-10-21)22-15-16-26-25(17-22)27-18-20-13-14-20/h3-12,15-17,20,24H,13-14,18-19H2,1-2H3. The Balaban J connectivity index is 1.63. The lowest BCUT2D eigenvalue weighted by Crippen LogP contribution is -2.42. The van der Waals surface area contributed by atoms with E-state index in [9.17, 15) is 0 Å². The molecule has 0 N–H and O–H groups in total. The third-order valence-corrected chi connectivity index (χ3v) is 9.12. The summed E-state index contributed by atoms with van der Waals surface area (Å²) < 4.78 is 5.97. The van der Waals surface area contributed by atoms with Gasteiger partial charge in [0.25, 0.3) is 0 Å². The van der Waals surface area contributed by atoms with Crippen LogP contribution in [0.5, 0.6) is 5.88 Å². The molecule has 0 radical (unpaired) electrons. The zero-order valence-corrected chi connectivity index (χ0v) is 17.8. The van der Waals surface area contributed by atoms with Crippen LogP contribution in [0, 0.1) is 5.92 Å². The van der Waals surface area contributed by atoms with E-state index in [0.29, 0.717) is 5.92 Å². The first-order valence-corrected chi connectivity index (χ1v) is 13.5. The predicted octanol–water partition coefficient (Wildman–Crippen LogP) is 5.62. The normalized spacial score (nSPS) is 15.2. The molecular weight excluding hydrogens is 358 g/mol. The predicted molar refractivity (Wildman–Crippen MR) is 119 cm³/mol. The fourth-order valence-corrected chi connectivity index (χ4v) is 6.66. The van der Waals surface area contributed by atoms with Gasteiger partial charge in [-0.05, 0) is 42.0 Å². The molecular formula is C25H29NOSi. The minimum absolute atomic E-state index is 0.356. The van der Waals surface area contributed by atoms with Gasteiger partial charge in [-0.2, -0.15) is 0 Å². The Morgan fingerprint density at radius 2 is 1.61 bits per heavy atom. The Morgan fingerprint density at radius 1 is 0.929 bits per heavy atom. The molecule has 1 fully saturated rings. The van der Waals surface area contributed by atoms with Crippen molar-refractivity contribution in [2.24, 2.45) is 5.92 Å². The minimum Gasteiger partial charge on any atom is -0.477 e. The van der Waals surface area contributed by atoms with Crippen LogP contribution in [-0.4, -0.2) is 19.7 Å². The van der Waals surface area contributed by atoms with Crippen LogP contribution in [0.2, 0.25) is 19.1 Å². The van der Waals surface area contributed by atoms with Crippen molar-refractivity contribution in [1.82, 2.24) is 4.98 Å². The van der Waals surface area contributed by atoms with E-state index in [2.05, 4.69) is 90.9 Å². The largest absolute Gasteiger partial charge is 0.477 e. The lowest BCUT2D eigenvalue weighted by Gasteiger charge is -2.29. The van der Waals surface area contributed by atoms with E-state index in [4.69, 9.17) is 4.74 Å². The summed E-state index contributed by atoms with van der Waals surface area (Å²) in [5.41, 5.74) is 2.68. The fraction of sp³-hybridized carbons (Fsp3) is 0.320. The fourth-order valence-electron chi connectivity index (χ4n) is 3.84. The van der Waals surface area contributed by atoms with Gasteiger partial charge < -0.3 is 4.74 Å². The number of rotatable bonds is 8. The van der Waals surface area contributed by atoms with Gasteiger partial charge in [0.2, 0.25) is 5.88 Å². The van der Waals surface area contributed by atoms with E-state index in [1.807, 2.05) is 6.20 Å². The third kappa shape index (κ3) is 4.71. The maximum Gasteiger partial charge on any atom is 0.213 e. The second kappa shape index (κ2) is 8.32. The van der Waals surface area contributed by atoms with Gasteiger partial charge in [0.1, 0.15) is 0 Å². The van der Waals surface area contributed by atoms with Gasteiger partial charge in [0, 0.05) is 18.2 Å². The van der Waals surface area contributed by atoms with Gasteiger partial charge in [-0.1, -0.05) is 78.9 Å². The molecule has 4 rings (SSSR count). The van der Waals surface area contributed by atoms with Crippen molar-refractivity contribution in [2.45, 2.75) is 37.9 Å². The quantitative estimate of drug-likeness (QED) is 0.468. The Morgan fingerprint density at radius 3 is 2.29 bits per heavy atom. The molecule has 144 valence electrons. The van der Waals surface area contributed by atoms with E-state index in [1.54, 1.807) is 0 Å². The molecule has 0 spiro atoms. The Hall–Kier alpha value is -2.39. The van der Waals surface area contributed by atoms with Crippen molar-refractivity contribution in [3.63, 3.8) is 0 Å². The highest BCUT2D eigenvalue weighted by Crippen LogP contribution is 2.35. The number of nitrogens with zero attached hydrogens (tertiary/aromatic N) is 1. The van der Waals surface area contributed by atoms with Gasteiger partial charge in [0.05, 0.1) is 14.7 Å². The Labute approximate surface area is 169 Å². The first-order chi connectivity index (χ1) is 13.6. The molecule has 0 amide bonds. The average molecular weight is 388 g/mol. The third-order valence-electron chi connectivity index (χ3n) is 5.80. The molecule has 1 atom stereocenters. The lowest BCUT2D eigenvalue weighted by atomic mass is 9.94. The summed E-state index contributed by atoms with van der Waals surface area (Å²) >= 11 is 0. The molecule has 3 heteroatoms. The topological polar surface area (TPSA) is 22.1 Å². The van der Waals surface area contributed by atoms with Crippen molar-refractivity contribution >= 4 is 13.3 Å². The summed E-state index contributed by atoms with van der Waals surface area (Å²) in [5, 5.41) is 1.51. The zero-order valence-electron chi connectivity index (χ0n) is 16.8. The van der Waals surface area contributed by atoms with Crippen LogP contribution in [-0.2, 0) is 0 Å². The number of pyridine rings is 1. The molecule has 0 bridgehead atoms. The highest BCUT2D eigenvalue weighted by Gasteiger charge is 2.29. The molecule has 1 aliphatic rings. The number of aromatic nitrogens is 1. The van der Waals surface area contributed by atoms with Crippen molar-refractivity contribution in [2.75, 3.05) is 6.61 Å². The molecule has 2 nitrogen and oxygen atoms in total. The first-order valence-electron chi connectivity index (χ1n) is 10.3. The van der Waals surface area contributed by atoms with Crippen LogP contribution < -0.4 is 9.92 Å². The minimum atomic E-state index is -1.61. The molecule has 3 aromatic rings. The molecule has 1 aliphatic carbocycles. The maximum absolute atomic E-state index is 5.97. The molecule has 28 heavy (non-hydrogen) atoms. The zero-order chi connectivity index (χ0) is 19.4. The molecule has 1 heterocycles. The SMILES string of the molecule is C[Si](C)(CC(c1ccccc1)c1ccnc(OCC2CC2)c1)c1ccccc1. The average Bonchev–Trinajstić information content (AvgIpc) is 3.57. The van der Waals surface area contributed by atoms with Gasteiger partial charge in [-0.25, -0.2) is 4.98 Å². The van der Waals surface area contributed by atoms with E-state index in [0.717, 1.165) is 24.4 Å². The van der Waals surface area contributed by atoms with E-state index in [1.165, 1.54) is 29.2 Å². The molecule has 2 aromatic carbocycles.